The van der Waals surface area contributed by atoms with E-state index in [9.17, 15) is 0 Å². The first kappa shape index (κ1) is 17.6. The molecule has 28 heavy (non-hydrogen) atoms. The summed E-state index contributed by atoms with van der Waals surface area (Å²) in [4.78, 5) is 4.43. The van der Waals surface area contributed by atoms with Gasteiger partial charge >= 0.3 is 0 Å². The first-order valence-electron chi connectivity index (χ1n) is 10.1. The Kier molecular flexibility index (Phi) is 4.48. The van der Waals surface area contributed by atoms with Gasteiger partial charge in [0.1, 0.15) is 0 Å². The number of hydrogen-bond donors (Lipinski definition) is 1. The number of thiazole rings is 1. The minimum atomic E-state index is 0.409. The summed E-state index contributed by atoms with van der Waals surface area (Å²) < 4.78 is 1.22. The van der Waals surface area contributed by atoms with Gasteiger partial charge in [0, 0.05) is 5.71 Å². The Hall–Kier alpha value is -2.52. The zero-order valence-corrected chi connectivity index (χ0v) is 16.9. The van der Waals surface area contributed by atoms with Crippen LogP contribution in [0, 0.1) is 11.3 Å². The van der Waals surface area contributed by atoms with Crippen LogP contribution in [-0.4, -0.2) is 10.7 Å². The second kappa shape index (κ2) is 7.14. The maximum absolute atomic E-state index is 8.23. The minimum Gasteiger partial charge on any atom is -0.305 e. The molecule has 1 atom stereocenters. The molecule has 140 valence electrons. The fraction of sp³-hybridized carbons (Fsp3) is 0.280. The predicted octanol–water partition coefficient (Wildman–Crippen LogP) is 7.09. The molecule has 0 spiro atoms. The maximum atomic E-state index is 8.23. The molecule has 1 fully saturated rings. The van der Waals surface area contributed by atoms with Gasteiger partial charge in [0.15, 0.2) is 0 Å². The van der Waals surface area contributed by atoms with E-state index in [1.165, 1.54) is 45.4 Å². The SMILES string of the molecule is CC1CCC(=N)/C=C\C(c2ccc3ncsc3c2)=C1c1cccc(C2CC2)c1. The summed E-state index contributed by atoms with van der Waals surface area (Å²) >= 11 is 1.69. The number of nitrogens with one attached hydrogen (secondary N) is 1. The summed E-state index contributed by atoms with van der Waals surface area (Å²) in [5.74, 6) is 1.16. The molecule has 3 heteroatoms. The smallest absolute Gasteiger partial charge is 0.0812 e. The lowest BCUT2D eigenvalue weighted by Gasteiger charge is -2.23. The Morgan fingerprint density at radius 3 is 2.75 bits per heavy atom. The summed E-state index contributed by atoms with van der Waals surface area (Å²) in [7, 11) is 0. The van der Waals surface area contributed by atoms with Crippen LogP contribution in [0.3, 0.4) is 0 Å². The Morgan fingerprint density at radius 2 is 1.89 bits per heavy atom. The van der Waals surface area contributed by atoms with Gasteiger partial charge in [-0.2, -0.15) is 0 Å². The zero-order valence-electron chi connectivity index (χ0n) is 16.1. The summed E-state index contributed by atoms with van der Waals surface area (Å²) in [6.07, 6.45) is 8.65. The number of nitrogens with zero attached hydrogens (tertiary/aromatic N) is 1. The van der Waals surface area contributed by atoms with Crippen molar-refractivity contribution in [3.8, 4) is 0 Å². The van der Waals surface area contributed by atoms with E-state index in [0.29, 0.717) is 11.6 Å². The van der Waals surface area contributed by atoms with Gasteiger partial charge in [-0.25, -0.2) is 4.98 Å². The lowest BCUT2D eigenvalue weighted by molar-refractivity contribution is 0.687. The number of hydrogen-bond acceptors (Lipinski definition) is 3. The lowest BCUT2D eigenvalue weighted by atomic mass is 9.81. The third-order valence-corrected chi connectivity index (χ3v) is 6.76. The van der Waals surface area contributed by atoms with Crippen molar-refractivity contribution in [2.45, 2.75) is 38.5 Å². The third-order valence-electron chi connectivity index (χ3n) is 5.97. The van der Waals surface area contributed by atoms with Gasteiger partial charge in [0.05, 0.1) is 15.7 Å². The van der Waals surface area contributed by atoms with Gasteiger partial charge in [0.25, 0.3) is 0 Å². The van der Waals surface area contributed by atoms with Crippen molar-refractivity contribution in [1.29, 1.82) is 5.41 Å². The quantitative estimate of drug-likeness (QED) is 0.514. The maximum Gasteiger partial charge on any atom is 0.0812 e. The Balaban J connectivity index is 1.72. The molecule has 0 aliphatic heterocycles. The fourth-order valence-corrected chi connectivity index (χ4v) is 4.95. The van der Waals surface area contributed by atoms with Crippen molar-refractivity contribution < 1.29 is 0 Å². The van der Waals surface area contributed by atoms with Crippen LogP contribution in [0.25, 0.3) is 21.4 Å². The van der Waals surface area contributed by atoms with Crippen molar-refractivity contribution in [1.82, 2.24) is 4.98 Å². The fourth-order valence-electron chi connectivity index (χ4n) is 4.23. The average molecular weight is 385 g/mol. The monoisotopic (exact) mass is 384 g/mol. The molecule has 0 radical (unpaired) electrons. The van der Waals surface area contributed by atoms with Crippen molar-refractivity contribution in [2.24, 2.45) is 5.92 Å². The van der Waals surface area contributed by atoms with Crippen LogP contribution >= 0.6 is 11.3 Å². The molecule has 2 aliphatic rings. The normalized spacial score (nSPS) is 21.6. The van der Waals surface area contributed by atoms with Gasteiger partial charge in [-0.3, -0.25) is 0 Å². The van der Waals surface area contributed by atoms with Gasteiger partial charge in [0.2, 0.25) is 0 Å². The van der Waals surface area contributed by atoms with Crippen LogP contribution < -0.4 is 0 Å². The highest BCUT2D eigenvalue weighted by atomic mass is 32.1. The van der Waals surface area contributed by atoms with Crippen LogP contribution in [0.4, 0.5) is 0 Å². The molecule has 5 rings (SSSR count). The molecule has 1 saturated carbocycles. The molecule has 3 aromatic rings. The molecular formula is C25H24N2S. The Morgan fingerprint density at radius 1 is 1.00 bits per heavy atom. The summed E-state index contributed by atoms with van der Waals surface area (Å²) in [6.45, 7) is 2.32. The second-order valence-corrected chi connectivity index (χ2v) is 8.95. The van der Waals surface area contributed by atoms with Crippen LogP contribution in [-0.2, 0) is 0 Å². The zero-order chi connectivity index (χ0) is 19.1. The molecular weight excluding hydrogens is 360 g/mol. The highest BCUT2D eigenvalue weighted by Gasteiger charge is 2.25. The molecule has 0 amide bonds. The Labute approximate surface area is 170 Å². The van der Waals surface area contributed by atoms with E-state index >= 15 is 0 Å². The van der Waals surface area contributed by atoms with Crippen LogP contribution in [0.5, 0.6) is 0 Å². The van der Waals surface area contributed by atoms with Crippen molar-refractivity contribution in [3.63, 3.8) is 0 Å². The first-order valence-corrected chi connectivity index (χ1v) is 11.0. The van der Waals surface area contributed by atoms with Gasteiger partial charge in [-0.1, -0.05) is 43.3 Å². The lowest BCUT2D eigenvalue weighted by Crippen LogP contribution is -2.08. The minimum absolute atomic E-state index is 0.409. The molecule has 0 bridgehead atoms. The standard InChI is InChI=1S/C25H24N2S/c1-16-5-9-21(26)10-11-22(19-8-12-23-24(14-19)28-15-27-23)25(16)20-4-2-3-18(13-20)17-6-7-17/h2-4,8,10-17,26H,5-7,9H2,1H3/b11-10-,25-22?,26-21?. The van der Waals surface area contributed by atoms with E-state index in [0.717, 1.165) is 24.3 Å². The molecule has 2 aromatic carbocycles. The van der Waals surface area contributed by atoms with Crippen molar-refractivity contribution in [3.05, 3.63) is 76.8 Å². The number of benzene rings is 2. The highest BCUT2D eigenvalue weighted by Crippen LogP contribution is 2.43. The van der Waals surface area contributed by atoms with Crippen LogP contribution in [0.1, 0.15) is 55.2 Å². The van der Waals surface area contributed by atoms with E-state index in [-0.39, 0.29) is 0 Å². The van der Waals surface area contributed by atoms with Gasteiger partial charge in [-0.05, 0) is 83.6 Å². The molecule has 0 saturated heterocycles. The molecule has 2 aliphatic carbocycles. The van der Waals surface area contributed by atoms with Crippen LogP contribution in [0.2, 0.25) is 0 Å². The highest BCUT2D eigenvalue weighted by molar-refractivity contribution is 7.16. The van der Waals surface area contributed by atoms with E-state index in [2.05, 4.69) is 60.4 Å². The number of aromatic nitrogens is 1. The predicted molar refractivity (Wildman–Crippen MR) is 120 cm³/mol. The largest absolute Gasteiger partial charge is 0.305 e. The summed E-state index contributed by atoms with van der Waals surface area (Å²) in [5, 5.41) is 8.23. The molecule has 1 heterocycles. The Bertz CT molecular complexity index is 1110. The number of fused-ring (bicyclic) bond motifs is 1. The average Bonchev–Trinajstić information content (AvgIpc) is 3.45. The van der Waals surface area contributed by atoms with Gasteiger partial charge < -0.3 is 5.41 Å². The topological polar surface area (TPSA) is 36.7 Å². The summed E-state index contributed by atoms with van der Waals surface area (Å²) in [5.41, 5.74) is 10.4. The molecule has 1 N–H and O–H groups in total. The van der Waals surface area contributed by atoms with Gasteiger partial charge in [-0.15, -0.1) is 11.3 Å². The van der Waals surface area contributed by atoms with E-state index in [1.54, 1.807) is 11.3 Å². The second-order valence-electron chi connectivity index (χ2n) is 8.06. The van der Waals surface area contributed by atoms with E-state index in [1.807, 2.05) is 11.6 Å². The first-order chi connectivity index (χ1) is 13.7. The summed E-state index contributed by atoms with van der Waals surface area (Å²) in [6, 6.07) is 15.7. The van der Waals surface area contributed by atoms with Crippen molar-refractivity contribution >= 4 is 38.4 Å². The number of rotatable bonds is 3. The van der Waals surface area contributed by atoms with E-state index in [4.69, 9.17) is 5.41 Å². The third kappa shape index (κ3) is 3.35. The molecule has 1 aromatic heterocycles. The van der Waals surface area contributed by atoms with Crippen LogP contribution in [0.15, 0.2) is 60.1 Å². The molecule has 2 nitrogen and oxygen atoms in total. The van der Waals surface area contributed by atoms with Crippen molar-refractivity contribution in [2.75, 3.05) is 0 Å². The number of allylic oxidation sites excluding steroid dienone is 4. The van der Waals surface area contributed by atoms with E-state index < -0.39 is 0 Å². The molecule has 1 unspecified atom stereocenters.